The summed E-state index contributed by atoms with van der Waals surface area (Å²) in [5.74, 6) is 1.48. The Balaban J connectivity index is 1.25. The molecule has 1 fully saturated rings. The molecule has 1 saturated heterocycles. The van der Waals surface area contributed by atoms with Gasteiger partial charge in [-0.3, -0.25) is 9.69 Å². The second-order valence-electron chi connectivity index (χ2n) is 8.05. The highest BCUT2D eigenvalue weighted by Crippen LogP contribution is 2.26. The summed E-state index contributed by atoms with van der Waals surface area (Å²) in [5, 5.41) is 7.50. The third kappa shape index (κ3) is 5.73. The zero-order chi connectivity index (χ0) is 21.5. The average molecular weight is 419 g/mol. The number of benzene rings is 2. The molecule has 31 heavy (non-hydrogen) atoms. The summed E-state index contributed by atoms with van der Waals surface area (Å²) >= 11 is 0. The van der Waals surface area contributed by atoms with Crippen LogP contribution < -0.4 is 10.1 Å². The molecule has 3 aromatic rings. The number of hydrogen-bond acceptors (Lipinski definition) is 4. The van der Waals surface area contributed by atoms with Gasteiger partial charge in [0.15, 0.2) is 0 Å². The number of ether oxygens (including phenoxy) is 1. The van der Waals surface area contributed by atoms with Gasteiger partial charge in [-0.2, -0.15) is 5.10 Å². The van der Waals surface area contributed by atoms with Gasteiger partial charge in [-0.05, 0) is 43.0 Å². The Bertz CT molecular complexity index is 978. The molecule has 0 atom stereocenters. The summed E-state index contributed by atoms with van der Waals surface area (Å²) in [7, 11) is 0. The molecule has 1 amide bonds. The molecule has 0 spiro atoms. The van der Waals surface area contributed by atoms with Crippen LogP contribution in [0.1, 0.15) is 36.4 Å². The van der Waals surface area contributed by atoms with Crippen molar-refractivity contribution in [3.63, 3.8) is 0 Å². The number of carbonyl (C=O) groups excluding carboxylic acids is 1. The Morgan fingerprint density at radius 2 is 1.81 bits per heavy atom. The van der Waals surface area contributed by atoms with Crippen molar-refractivity contribution in [3.8, 4) is 5.75 Å². The number of anilines is 1. The third-order valence-corrected chi connectivity index (χ3v) is 5.84. The lowest BCUT2D eigenvalue weighted by molar-refractivity contribution is -0.116. The number of piperidine rings is 1. The molecule has 1 aliphatic heterocycles. The molecule has 2 heterocycles. The van der Waals surface area contributed by atoms with E-state index in [9.17, 15) is 4.79 Å². The van der Waals surface area contributed by atoms with Crippen LogP contribution in [-0.2, 0) is 11.3 Å². The molecule has 0 saturated carbocycles. The molecule has 162 valence electrons. The van der Waals surface area contributed by atoms with Crippen LogP contribution in [0.5, 0.6) is 5.75 Å². The van der Waals surface area contributed by atoms with Gasteiger partial charge in [-0.15, -0.1) is 0 Å². The van der Waals surface area contributed by atoms with Gasteiger partial charge in [-0.1, -0.05) is 42.5 Å². The number of aromatic nitrogens is 2. The molecule has 6 heteroatoms. The number of para-hydroxylation sites is 1. The van der Waals surface area contributed by atoms with Crippen LogP contribution in [0.3, 0.4) is 0 Å². The summed E-state index contributed by atoms with van der Waals surface area (Å²) in [6.45, 7) is 5.56. The molecule has 2 aromatic carbocycles. The first-order chi connectivity index (χ1) is 15.2. The van der Waals surface area contributed by atoms with Gasteiger partial charge < -0.3 is 10.1 Å². The van der Waals surface area contributed by atoms with Crippen molar-refractivity contribution < 1.29 is 9.53 Å². The van der Waals surface area contributed by atoms with E-state index in [1.807, 2.05) is 41.1 Å². The first-order valence-electron chi connectivity index (χ1n) is 11.0. The molecule has 1 N–H and O–H groups in total. The monoisotopic (exact) mass is 418 g/mol. The largest absolute Gasteiger partial charge is 0.493 e. The van der Waals surface area contributed by atoms with Crippen LogP contribution in [0.25, 0.3) is 0 Å². The van der Waals surface area contributed by atoms with E-state index < -0.39 is 0 Å². The van der Waals surface area contributed by atoms with Crippen molar-refractivity contribution in [2.75, 3.05) is 25.0 Å². The highest BCUT2D eigenvalue weighted by Gasteiger charge is 2.23. The molecule has 1 aliphatic rings. The molecule has 4 rings (SSSR count). The van der Waals surface area contributed by atoms with Crippen molar-refractivity contribution in [1.82, 2.24) is 14.7 Å². The Hall–Kier alpha value is -3.12. The minimum atomic E-state index is -0.0605. The molecule has 1 aromatic heterocycles. The lowest BCUT2D eigenvalue weighted by atomic mass is 10.0. The van der Waals surface area contributed by atoms with Crippen molar-refractivity contribution in [3.05, 3.63) is 78.0 Å². The van der Waals surface area contributed by atoms with Crippen molar-refractivity contribution >= 4 is 11.7 Å². The number of amides is 1. The minimum absolute atomic E-state index is 0.0605. The number of nitrogens with one attached hydrogen (secondary N) is 1. The molecule has 0 bridgehead atoms. The maximum Gasteiger partial charge on any atom is 0.228 e. The smallest absolute Gasteiger partial charge is 0.228 e. The summed E-state index contributed by atoms with van der Waals surface area (Å²) in [5.41, 5.74) is 2.74. The van der Waals surface area contributed by atoms with Gasteiger partial charge in [0, 0.05) is 25.7 Å². The second kappa shape index (κ2) is 10.3. The van der Waals surface area contributed by atoms with Crippen LogP contribution in [0.2, 0.25) is 0 Å². The van der Waals surface area contributed by atoms with E-state index in [-0.39, 0.29) is 5.91 Å². The van der Waals surface area contributed by atoms with Crippen LogP contribution in [0.15, 0.2) is 66.9 Å². The molecule has 0 aliphatic carbocycles. The Kier molecular flexibility index (Phi) is 6.99. The zero-order valence-corrected chi connectivity index (χ0v) is 18.0. The fraction of sp³-hybridized carbons (Fsp3) is 0.360. The van der Waals surface area contributed by atoms with Gasteiger partial charge in [0.2, 0.25) is 5.91 Å². The maximum absolute atomic E-state index is 12.4. The first-order valence-corrected chi connectivity index (χ1v) is 11.0. The average Bonchev–Trinajstić information content (AvgIpc) is 3.24. The fourth-order valence-corrected chi connectivity index (χ4v) is 4.04. The lowest BCUT2D eigenvalue weighted by Crippen LogP contribution is -2.35. The van der Waals surface area contributed by atoms with Crippen LogP contribution in [0.4, 0.5) is 5.82 Å². The summed E-state index contributed by atoms with van der Waals surface area (Å²) in [6, 6.07) is 20.3. The van der Waals surface area contributed by atoms with E-state index in [4.69, 9.17) is 4.74 Å². The van der Waals surface area contributed by atoms with E-state index in [0.717, 1.165) is 44.0 Å². The summed E-state index contributed by atoms with van der Waals surface area (Å²) in [4.78, 5) is 14.9. The van der Waals surface area contributed by atoms with E-state index in [2.05, 4.69) is 46.5 Å². The van der Waals surface area contributed by atoms with E-state index in [1.54, 1.807) is 6.20 Å². The second-order valence-corrected chi connectivity index (χ2v) is 8.05. The van der Waals surface area contributed by atoms with Gasteiger partial charge in [0.1, 0.15) is 11.6 Å². The topological polar surface area (TPSA) is 59.4 Å². The van der Waals surface area contributed by atoms with E-state index >= 15 is 0 Å². The number of carbonyl (C=O) groups is 1. The van der Waals surface area contributed by atoms with Crippen LogP contribution in [0, 0.1) is 6.92 Å². The molecule has 6 nitrogen and oxygen atoms in total. The van der Waals surface area contributed by atoms with Gasteiger partial charge in [-0.25, -0.2) is 4.68 Å². The lowest BCUT2D eigenvalue weighted by Gasteiger charge is -2.33. The number of hydrogen-bond donors (Lipinski definition) is 1. The minimum Gasteiger partial charge on any atom is -0.493 e. The molecule has 0 unspecified atom stereocenters. The van der Waals surface area contributed by atoms with Crippen LogP contribution >= 0.6 is 0 Å². The van der Waals surface area contributed by atoms with Gasteiger partial charge >= 0.3 is 0 Å². The predicted octanol–water partition coefficient (Wildman–Crippen LogP) is 4.44. The van der Waals surface area contributed by atoms with Gasteiger partial charge in [0.05, 0.1) is 25.3 Å². The highest BCUT2D eigenvalue weighted by molar-refractivity contribution is 5.89. The molecular formula is C25H30N4O2. The SMILES string of the molecule is Cc1ccccc1CN1CCC(n2nccc2NC(=O)CCOc2ccccc2)CC1. The molecule has 0 radical (unpaired) electrons. The summed E-state index contributed by atoms with van der Waals surface area (Å²) < 4.78 is 7.60. The number of rotatable bonds is 8. The van der Waals surface area contributed by atoms with E-state index in [1.165, 1.54) is 11.1 Å². The number of nitrogens with zero attached hydrogens (tertiary/aromatic N) is 3. The standard InChI is InChI=1S/C25H30N4O2/c1-20-7-5-6-8-21(20)19-28-16-12-22(13-17-28)29-24(11-15-26-29)27-25(30)14-18-31-23-9-3-2-4-10-23/h2-11,15,22H,12-14,16-19H2,1H3,(H,27,30). The summed E-state index contributed by atoms with van der Waals surface area (Å²) in [6.07, 6.45) is 4.10. The quantitative estimate of drug-likeness (QED) is 0.588. The van der Waals surface area contributed by atoms with E-state index in [0.29, 0.717) is 19.1 Å². The first kappa shape index (κ1) is 21.1. The van der Waals surface area contributed by atoms with Crippen molar-refractivity contribution in [2.45, 2.75) is 38.8 Å². The predicted molar refractivity (Wildman–Crippen MR) is 122 cm³/mol. The Labute approximate surface area is 183 Å². The third-order valence-electron chi connectivity index (χ3n) is 5.84. The Morgan fingerprint density at radius 1 is 1.06 bits per heavy atom. The Morgan fingerprint density at radius 3 is 2.58 bits per heavy atom. The number of likely N-dealkylation sites (tertiary alicyclic amines) is 1. The molecular weight excluding hydrogens is 388 g/mol. The highest BCUT2D eigenvalue weighted by atomic mass is 16.5. The van der Waals surface area contributed by atoms with Crippen LogP contribution in [-0.4, -0.2) is 40.3 Å². The fourth-order valence-electron chi connectivity index (χ4n) is 4.04. The van der Waals surface area contributed by atoms with Gasteiger partial charge in [0.25, 0.3) is 0 Å². The normalized spacial score (nSPS) is 15.0. The number of aryl methyl sites for hydroxylation is 1. The zero-order valence-electron chi connectivity index (χ0n) is 18.0. The van der Waals surface area contributed by atoms with Crippen molar-refractivity contribution in [2.24, 2.45) is 0 Å². The maximum atomic E-state index is 12.4. The van der Waals surface area contributed by atoms with Crippen molar-refractivity contribution in [1.29, 1.82) is 0 Å².